The fourth-order valence-electron chi connectivity index (χ4n) is 2.63. The lowest BCUT2D eigenvalue weighted by atomic mass is 10.1. The molecule has 3 N–H and O–H groups in total. The molecule has 7 nitrogen and oxygen atoms in total. The Hall–Kier alpha value is -2.78. The number of aryl methyl sites for hydroxylation is 1. The number of aromatic nitrogens is 3. The Bertz CT molecular complexity index is 1150. The van der Waals surface area contributed by atoms with Gasteiger partial charge < -0.3 is 15.4 Å². The Morgan fingerprint density at radius 2 is 2.19 bits per heavy atom. The molecule has 0 bridgehead atoms. The maximum atomic E-state index is 11.9. The molecule has 0 aliphatic rings. The van der Waals surface area contributed by atoms with Crippen molar-refractivity contribution in [2.45, 2.75) is 17.8 Å². The summed E-state index contributed by atoms with van der Waals surface area (Å²) in [6.45, 7) is 1.71. The Labute approximate surface area is 156 Å². The number of rotatable bonds is 4. The lowest BCUT2D eigenvalue weighted by Gasteiger charge is -2.08. The minimum Gasteiger partial charge on any atom is -0.508 e. The van der Waals surface area contributed by atoms with Gasteiger partial charge in [0.1, 0.15) is 11.3 Å². The van der Waals surface area contributed by atoms with E-state index in [0.29, 0.717) is 27.9 Å². The molecule has 0 saturated carbocycles. The summed E-state index contributed by atoms with van der Waals surface area (Å²) in [6.07, 6.45) is 0. The van der Waals surface area contributed by atoms with Gasteiger partial charge in [-0.05, 0) is 36.1 Å². The van der Waals surface area contributed by atoms with E-state index in [1.165, 1.54) is 33.8 Å². The third kappa shape index (κ3) is 2.85. The van der Waals surface area contributed by atoms with Crippen molar-refractivity contribution >= 4 is 34.1 Å². The second-order valence-corrected chi connectivity index (χ2v) is 7.51. The zero-order valence-corrected chi connectivity index (χ0v) is 15.3. The van der Waals surface area contributed by atoms with Crippen LogP contribution in [0.1, 0.15) is 11.1 Å². The maximum absolute atomic E-state index is 11.9. The summed E-state index contributed by atoms with van der Waals surface area (Å²) in [7, 11) is 0. The van der Waals surface area contributed by atoms with Crippen LogP contribution in [0.15, 0.2) is 50.1 Å². The minimum atomic E-state index is -0.463. The van der Waals surface area contributed by atoms with E-state index in [1.807, 2.05) is 17.5 Å². The standard InChI is InChI=1S/C17H14N4O3S2/c1-9-12(22)5-4-11-10(7-14(23)24-15(9)11)8-26-17-20-19-16(21(17)18)13-3-2-6-25-13/h2-7,22H,8,18H2,1H3. The predicted octanol–water partition coefficient (Wildman–Crippen LogP) is 3.13. The molecule has 26 heavy (non-hydrogen) atoms. The largest absolute Gasteiger partial charge is 0.508 e. The van der Waals surface area contributed by atoms with Crippen LogP contribution in [0, 0.1) is 6.92 Å². The van der Waals surface area contributed by atoms with Crippen molar-refractivity contribution in [3.8, 4) is 16.5 Å². The summed E-state index contributed by atoms with van der Waals surface area (Å²) in [6, 6.07) is 8.63. The number of thioether (sulfide) groups is 1. The number of hydrogen-bond donors (Lipinski definition) is 2. The first-order valence-electron chi connectivity index (χ1n) is 7.67. The van der Waals surface area contributed by atoms with Crippen molar-refractivity contribution in [2.24, 2.45) is 0 Å². The summed E-state index contributed by atoms with van der Waals surface area (Å²) < 4.78 is 6.71. The molecule has 1 aromatic carbocycles. The summed E-state index contributed by atoms with van der Waals surface area (Å²) in [4.78, 5) is 12.8. The smallest absolute Gasteiger partial charge is 0.336 e. The van der Waals surface area contributed by atoms with Gasteiger partial charge in [-0.15, -0.1) is 21.5 Å². The Morgan fingerprint density at radius 1 is 1.35 bits per heavy atom. The molecular formula is C17H14N4O3S2. The normalized spacial score (nSPS) is 11.3. The first-order chi connectivity index (χ1) is 12.5. The Morgan fingerprint density at radius 3 is 2.96 bits per heavy atom. The predicted molar refractivity (Wildman–Crippen MR) is 102 cm³/mol. The maximum Gasteiger partial charge on any atom is 0.336 e. The van der Waals surface area contributed by atoms with Gasteiger partial charge in [0.25, 0.3) is 0 Å². The molecule has 4 rings (SSSR count). The monoisotopic (exact) mass is 386 g/mol. The van der Waals surface area contributed by atoms with Crippen LogP contribution in [-0.4, -0.2) is 20.0 Å². The van der Waals surface area contributed by atoms with Crippen molar-refractivity contribution in [1.29, 1.82) is 0 Å². The molecule has 0 aliphatic heterocycles. The van der Waals surface area contributed by atoms with Gasteiger partial charge in [0.05, 0.1) is 4.88 Å². The minimum absolute atomic E-state index is 0.0905. The van der Waals surface area contributed by atoms with Crippen LogP contribution >= 0.6 is 23.1 Å². The second kappa shape index (κ2) is 6.50. The molecule has 0 unspecified atom stereocenters. The number of phenolic OH excluding ortho intramolecular Hbond substituents is 1. The number of nitrogens with two attached hydrogens (primary N) is 1. The van der Waals surface area contributed by atoms with Crippen LogP contribution in [0.2, 0.25) is 0 Å². The molecule has 3 heterocycles. The van der Waals surface area contributed by atoms with Gasteiger partial charge >= 0.3 is 5.63 Å². The fourth-order valence-corrected chi connectivity index (χ4v) is 4.18. The number of phenols is 1. The number of nitrogen functional groups attached to an aromatic ring is 1. The molecule has 0 spiro atoms. The zero-order chi connectivity index (χ0) is 18.3. The molecule has 0 atom stereocenters. The zero-order valence-electron chi connectivity index (χ0n) is 13.7. The van der Waals surface area contributed by atoms with Crippen LogP contribution in [0.5, 0.6) is 5.75 Å². The van der Waals surface area contributed by atoms with E-state index in [4.69, 9.17) is 10.3 Å². The number of fused-ring (bicyclic) bond motifs is 1. The molecule has 132 valence electrons. The molecule has 0 radical (unpaired) electrons. The highest BCUT2D eigenvalue weighted by molar-refractivity contribution is 7.98. The first kappa shape index (κ1) is 16.7. The van der Waals surface area contributed by atoms with E-state index in [1.54, 1.807) is 19.1 Å². The highest BCUT2D eigenvalue weighted by Gasteiger charge is 2.15. The van der Waals surface area contributed by atoms with E-state index in [9.17, 15) is 9.90 Å². The van der Waals surface area contributed by atoms with E-state index < -0.39 is 5.63 Å². The van der Waals surface area contributed by atoms with Crippen LogP contribution < -0.4 is 11.5 Å². The summed E-state index contributed by atoms with van der Waals surface area (Å²) >= 11 is 2.91. The first-order valence-corrected chi connectivity index (χ1v) is 9.53. The molecular weight excluding hydrogens is 372 g/mol. The summed E-state index contributed by atoms with van der Waals surface area (Å²) in [5.41, 5.74) is 1.25. The Kier molecular flexibility index (Phi) is 4.17. The van der Waals surface area contributed by atoms with Crippen LogP contribution in [-0.2, 0) is 5.75 Å². The molecule has 0 aliphatic carbocycles. The number of nitrogens with zero attached hydrogens (tertiary/aromatic N) is 3. The Balaban J connectivity index is 1.67. The average Bonchev–Trinajstić information content (AvgIpc) is 3.26. The van der Waals surface area contributed by atoms with E-state index >= 15 is 0 Å². The molecule has 3 aromatic heterocycles. The third-order valence-corrected chi connectivity index (χ3v) is 5.84. The lowest BCUT2D eigenvalue weighted by molar-refractivity contribution is 0.468. The third-order valence-electron chi connectivity index (χ3n) is 3.98. The molecule has 0 amide bonds. The van der Waals surface area contributed by atoms with Gasteiger partial charge in [0, 0.05) is 22.8 Å². The molecule has 0 fully saturated rings. The second-order valence-electron chi connectivity index (χ2n) is 5.62. The van der Waals surface area contributed by atoms with E-state index in [0.717, 1.165) is 15.8 Å². The topological polar surface area (TPSA) is 107 Å². The number of aromatic hydroxyl groups is 1. The quantitative estimate of drug-likeness (QED) is 0.315. The van der Waals surface area contributed by atoms with Gasteiger partial charge in [-0.3, -0.25) is 0 Å². The van der Waals surface area contributed by atoms with Crippen molar-refractivity contribution in [3.05, 3.63) is 57.3 Å². The van der Waals surface area contributed by atoms with Crippen LogP contribution in [0.4, 0.5) is 0 Å². The van der Waals surface area contributed by atoms with Gasteiger partial charge in [0.15, 0.2) is 5.82 Å². The average molecular weight is 386 g/mol. The van der Waals surface area contributed by atoms with Crippen molar-refractivity contribution in [1.82, 2.24) is 14.9 Å². The van der Waals surface area contributed by atoms with Gasteiger partial charge in [0.2, 0.25) is 5.16 Å². The fraction of sp³-hybridized carbons (Fsp3) is 0.118. The van der Waals surface area contributed by atoms with Crippen molar-refractivity contribution < 1.29 is 9.52 Å². The van der Waals surface area contributed by atoms with Crippen molar-refractivity contribution in [2.75, 3.05) is 5.84 Å². The molecule has 9 heteroatoms. The van der Waals surface area contributed by atoms with E-state index in [2.05, 4.69) is 10.2 Å². The number of hydrogen-bond acceptors (Lipinski definition) is 8. The summed E-state index contributed by atoms with van der Waals surface area (Å²) in [5, 5.41) is 21.4. The lowest BCUT2D eigenvalue weighted by Crippen LogP contribution is -2.11. The number of thiophene rings is 1. The van der Waals surface area contributed by atoms with Crippen LogP contribution in [0.25, 0.3) is 21.7 Å². The van der Waals surface area contributed by atoms with Gasteiger partial charge in [-0.25, -0.2) is 9.47 Å². The SMILES string of the molecule is Cc1c(O)ccc2c(CSc3nnc(-c4cccs4)n3N)cc(=O)oc12. The molecule has 4 aromatic rings. The van der Waals surface area contributed by atoms with E-state index in [-0.39, 0.29) is 5.75 Å². The summed E-state index contributed by atoms with van der Waals surface area (Å²) in [5.74, 6) is 7.26. The highest BCUT2D eigenvalue weighted by atomic mass is 32.2. The highest BCUT2D eigenvalue weighted by Crippen LogP contribution is 2.31. The van der Waals surface area contributed by atoms with Crippen molar-refractivity contribution in [3.63, 3.8) is 0 Å². The number of benzene rings is 1. The van der Waals surface area contributed by atoms with Gasteiger partial charge in [-0.1, -0.05) is 17.8 Å². The van der Waals surface area contributed by atoms with Gasteiger partial charge in [-0.2, -0.15) is 0 Å². The van der Waals surface area contributed by atoms with Crippen LogP contribution in [0.3, 0.4) is 0 Å². The molecule has 0 saturated heterocycles.